The molecule has 0 saturated carbocycles. The fraction of sp³-hybridized carbons (Fsp3) is 0.133. The Hall–Kier alpha value is -2.69. The first kappa shape index (κ1) is 12.3. The molecule has 3 rings (SSSR count). The van der Waals surface area contributed by atoms with Crippen LogP contribution in [0.4, 0.5) is 5.82 Å². The lowest BCUT2D eigenvalue weighted by Gasteiger charge is -2.08. The third-order valence-electron chi connectivity index (χ3n) is 3.09. The van der Waals surface area contributed by atoms with Crippen molar-refractivity contribution in [1.82, 2.24) is 15.0 Å². The molecule has 3 aromatic rings. The van der Waals surface area contributed by atoms with Crippen molar-refractivity contribution in [1.29, 1.82) is 0 Å². The molecule has 0 fully saturated rings. The lowest BCUT2D eigenvalue weighted by atomic mass is 10.0. The van der Waals surface area contributed by atoms with Crippen LogP contribution >= 0.6 is 0 Å². The minimum atomic E-state index is 0.409. The zero-order valence-corrected chi connectivity index (χ0v) is 11.1. The van der Waals surface area contributed by atoms with Crippen molar-refractivity contribution in [3.8, 4) is 22.7 Å². The first-order valence-electron chi connectivity index (χ1n) is 6.38. The maximum absolute atomic E-state index is 5.58. The Bertz CT molecular complexity index is 705. The Balaban J connectivity index is 2.12. The molecule has 3 aromatic heterocycles. The summed E-state index contributed by atoms with van der Waals surface area (Å²) in [5.41, 5.74) is 9.26. The van der Waals surface area contributed by atoms with E-state index in [9.17, 15) is 0 Å². The van der Waals surface area contributed by atoms with Crippen molar-refractivity contribution in [3.63, 3.8) is 0 Å². The standard InChI is InChI=1S/C15H14N4O/c1-2-10-7-17-12(14-4-3-5-20-14)6-11(10)13-8-19-15(16)9-18-13/h3-9H,2H2,1H3,(H2,16,19). The molecule has 5 heteroatoms. The summed E-state index contributed by atoms with van der Waals surface area (Å²) in [5, 5.41) is 0. The van der Waals surface area contributed by atoms with Crippen LogP contribution in [-0.2, 0) is 6.42 Å². The quantitative estimate of drug-likeness (QED) is 0.788. The third kappa shape index (κ3) is 2.25. The number of anilines is 1. The Morgan fingerprint density at radius 1 is 1.10 bits per heavy atom. The van der Waals surface area contributed by atoms with Crippen molar-refractivity contribution in [3.05, 3.63) is 48.6 Å². The zero-order valence-electron chi connectivity index (χ0n) is 11.1. The van der Waals surface area contributed by atoms with Gasteiger partial charge in [0.05, 0.1) is 24.4 Å². The van der Waals surface area contributed by atoms with Gasteiger partial charge in [0.1, 0.15) is 11.5 Å². The average Bonchev–Trinajstić information content (AvgIpc) is 3.02. The van der Waals surface area contributed by atoms with Crippen molar-refractivity contribution in [2.24, 2.45) is 0 Å². The van der Waals surface area contributed by atoms with E-state index in [0.717, 1.165) is 34.7 Å². The average molecular weight is 266 g/mol. The SMILES string of the molecule is CCc1cnc(-c2ccco2)cc1-c1cnc(N)cn1. The van der Waals surface area contributed by atoms with E-state index in [-0.39, 0.29) is 0 Å². The minimum absolute atomic E-state index is 0.409. The summed E-state index contributed by atoms with van der Waals surface area (Å²) in [5.74, 6) is 1.14. The second-order valence-corrected chi connectivity index (χ2v) is 4.38. The fourth-order valence-corrected chi connectivity index (χ4v) is 2.04. The van der Waals surface area contributed by atoms with Gasteiger partial charge in [-0.1, -0.05) is 6.92 Å². The summed E-state index contributed by atoms with van der Waals surface area (Å²) in [6, 6.07) is 5.69. The van der Waals surface area contributed by atoms with Crippen molar-refractivity contribution < 1.29 is 4.42 Å². The summed E-state index contributed by atoms with van der Waals surface area (Å²) in [6.07, 6.45) is 7.59. The Morgan fingerprint density at radius 3 is 2.60 bits per heavy atom. The van der Waals surface area contributed by atoms with Crippen LogP contribution in [0.2, 0.25) is 0 Å². The summed E-state index contributed by atoms with van der Waals surface area (Å²) in [4.78, 5) is 12.9. The normalized spacial score (nSPS) is 10.7. The lowest BCUT2D eigenvalue weighted by molar-refractivity contribution is 0.580. The number of rotatable bonds is 3. The third-order valence-corrected chi connectivity index (χ3v) is 3.09. The molecule has 3 heterocycles. The van der Waals surface area contributed by atoms with Gasteiger partial charge in [-0.2, -0.15) is 0 Å². The number of aromatic nitrogens is 3. The number of pyridine rings is 1. The molecule has 0 spiro atoms. The van der Waals surface area contributed by atoms with E-state index < -0.39 is 0 Å². The van der Waals surface area contributed by atoms with Gasteiger partial charge in [-0.25, -0.2) is 4.98 Å². The van der Waals surface area contributed by atoms with E-state index in [2.05, 4.69) is 21.9 Å². The topological polar surface area (TPSA) is 77.8 Å². The summed E-state index contributed by atoms with van der Waals surface area (Å²) in [6.45, 7) is 2.08. The van der Waals surface area contributed by atoms with E-state index in [1.165, 1.54) is 0 Å². The number of hydrogen-bond donors (Lipinski definition) is 1. The van der Waals surface area contributed by atoms with Gasteiger partial charge < -0.3 is 10.2 Å². The minimum Gasteiger partial charge on any atom is -0.463 e. The summed E-state index contributed by atoms with van der Waals surface area (Å²) < 4.78 is 5.38. The van der Waals surface area contributed by atoms with Crippen LogP contribution in [-0.4, -0.2) is 15.0 Å². The highest BCUT2D eigenvalue weighted by Crippen LogP contribution is 2.27. The van der Waals surface area contributed by atoms with Crippen molar-refractivity contribution >= 4 is 5.82 Å². The molecule has 0 bridgehead atoms. The van der Waals surface area contributed by atoms with E-state index in [1.807, 2.05) is 24.4 Å². The molecular formula is C15H14N4O. The predicted octanol–water partition coefficient (Wildman–Crippen LogP) is 2.94. The Labute approximate surface area is 116 Å². The molecule has 100 valence electrons. The lowest BCUT2D eigenvalue weighted by Crippen LogP contribution is -1.96. The van der Waals surface area contributed by atoms with Crippen LogP contribution < -0.4 is 5.73 Å². The molecule has 20 heavy (non-hydrogen) atoms. The summed E-state index contributed by atoms with van der Waals surface area (Å²) >= 11 is 0. The first-order chi connectivity index (χ1) is 9.78. The molecule has 0 radical (unpaired) electrons. The zero-order chi connectivity index (χ0) is 13.9. The van der Waals surface area contributed by atoms with Crippen LogP contribution in [0.25, 0.3) is 22.7 Å². The van der Waals surface area contributed by atoms with E-state index >= 15 is 0 Å². The highest BCUT2D eigenvalue weighted by Gasteiger charge is 2.10. The monoisotopic (exact) mass is 266 g/mol. The van der Waals surface area contributed by atoms with Crippen LogP contribution in [0.3, 0.4) is 0 Å². The first-order valence-corrected chi connectivity index (χ1v) is 6.38. The molecule has 0 saturated heterocycles. The molecule has 5 nitrogen and oxygen atoms in total. The molecule has 0 aliphatic carbocycles. The van der Waals surface area contributed by atoms with Gasteiger partial charge in [0.2, 0.25) is 0 Å². The largest absolute Gasteiger partial charge is 0.463 e. The van der Waals surface area contributed by atoms with Crippen molar-refractivity contribution in [2.45, 2.75) is 13.3 Å². The number of nitrogen functional groups attached to an aromatic ring is 1. The smallest absolute Gasteiger partial charge is 0.152 e. The van der Waals surface area contributed by atoms with Gasteiger partial charge in [-0.15, -0.1) is 0 Å². The molecule has 0 aromatic carbocycles. The number of hydrogen-bond acceptors (Lipinski definition) is 5. The van der Waals surface area contributed by atoms with Gasteiger partial charge >= 0.3 is 0 Å². The molecule has 0 aliphatic heterocycles. The highest BCUT2D eigenvalue weighted by molar-refractivity contribution is 5.68. The predicted molar refractivity (Wildman–Crippen MR) is 76.8 cm³/mol. The maximum Gasteiger partial charge on any atom is 0.152 e. The van der Waals surface area contributed by atoms with Gasteiger partial charge in [0.15, 0.2) is 5.76 Å². The molecule has 2 N–H and O–H groups in total. The second kappa shape index (κ2) is 5.13. The number of furan rings is 1. The fourth-order valence-electron chi connectivity index (χ4n) is 2.04. The number of nitrogens with two attached hydrogens (primary N) is 1. The molecular weight excluding hydrogens is 252 g/mol. The van der Waals surface area contributed by atoms with Gasteiger partial charge in [-0.3, -0.25) is 9.97 Å². The molecule has 0 aliphatic rings. The van der Waals surface area contributed by atoms with Crippen LogP contribution in [0, 0.1) is 0 Å². The second-order valence-electron chi connectivity index (χ2n) is 4.38. The van der Waals surface area contributed by atoms with Gasteiger partial charge in [0, 0.05) is 11.8 Å². The van der Waals surface area contributed by atoms with Gasteiger partial charge in [-0.05, 0) is 30.2 Å². The number of aryl methyl sites for hydroxylation is 1. The Morgan fingerprint density at radius 2 is 1.95 bits per heavy atom. The number of nitrogens with zero attached hydrogens (tertiary/aromatic N) is 3. The highest BCUT2D eigenvalue weighted by atomic mass is 16.3. The van der Waals surface area contributed by atoms with Crippen LogP contribution in [0.5, 0.6) is 0 Å². The molecule has 0 atom stereocenters. The molecule has 0 unspecified atom stereocenters. The molecule has 0 amide bonds. The van der Waals surface area contributed by atoms with E-state index in [1.54, 1.807) is 18.7 Å². The maximum atomic E-state index is 5.58. The van der Waals surface area contributed by atoms with Crippen LogP contribution in [0.1, 0.15) is 12.5 Å². The van der Waals surface area contributed by atoms with Gasteiger partial charge in [0.25, 0.3) is 0 Å². The van der Waals surface area contributed by atoms with E-state index in [0.29, 0.717) is 5.82 Å². The van der Waals surface area contributed by atoms with Crippen molar-refractivity contribution in [2.75, 3.05) is 5.73 Å². The van der Waals surface area contributed by atoms with Crippen LogP contribution in [0.15, 0.2) is 47.5 Å². The van der Waals surface area contributed by atoms with E-state index in [4.69, 9.17) is 10.2 Å². The summed E-state index contributed by atoms with van der Waals surface area (Å²) in [7, 11) is 0. The Kier molecular flexibility index (Phi) is 3.16.